The first-order valence-electron chi connectivity index (χ1n) is 6.54. The van der Waals surface area contributed by atoms with E-state index in [1.807, 2.05) is 26.8 Å². The molecule has 0 saturated carbocycles. The van der Waals surface area contributed by atoms with E-state index in [2.05, 4.69) is 10.3 Å². The molecular weight excluding hydrogens is 242 g/mol. The molecule has 2 aromatic heterocycles. The highest BCUT2D eigenvalue weighted by Crippen LogP contribution is 2.22. The van der Waals surface area contributed by atoms with Gasteiger partial charge in [-0.05, 0) is 32.9 Å². The number of pyridine rings is 1. The molecule has 0 bridgehead atoms. The Balaban J connectivity index is 2.16. The van der Waals surface area contributed by atoms with Gasteiger partial charge in [-0.15, -0.1) is 0 Å². The van der Waals surface area contributed by atoms with Crippen LogP contribution in [0.4, 0.5) is 5.82 Å². The van der Waals surface area contributed by atoms with Gasteiger partial charge in [0.1, 0.15) is 17.4 Å². The van der Waals surface area contributed by atoms with Crippen LogP contribution in [-0.2, 0) is 4.79 Å². The molecule has 2 rings (SSSR count). The molecule has 0 aliphatic rings. The van der Waals surface area contributed by atoms with Crippen LogP contribution in [0.25, 0.3) is 11.0 Å². The maximum Gasteiger partial charge on any atom is 0.244 e. The number of carbonyl (C=O) groups is 1. The van der Waals surface area contributed by atoms with Crippen LogP contribution in [0.1, 0.15) is 20.8 Å². The van der Waals surface area contributed by atoms with Gasteiger partial charge in [0.2, 0.25) is 5.91 Å². The number of hydrogen-bond donors (Lipinski definition) is 1. The topological polar surface area (TPSA) is 58.4 Å². The number of aromatic nitrogens is 1. The van der Waals surface area contributed by atoms with Crippen molar-refractivity contribution in [3.05, 3.63) is 24.6 Å². The summed E-state index contributed by atoms with van der Waals surface area (Å²) in [5.74, 6) is 0.756. The molecule has 0 aliphatic heterocycles. The van der Waals surface area contributed by atoms with Crippen molar-refractivity contribution in [3.8, 4) is 0 Å². The fourth-order valence-electron chi connectivity index (χ4n) is 2.09. The molecule has 1 atom stereocenters. The summed E-state index contributed by atoms with van der Waals surface area (Å²) in [7, 11) is 0. The number of hydrogen-bond acceptors (Lipinski definition) is 4. The van der Waals surface area contributed by atoms with Crippen LogP contribution in [0.15, 0.2) is 29.0 Å². The van der Waals surface area contributed by atoms with E-state index in [0.29, 0.717) is 18.9 Å². The van der Waals surface area contributed by atoms with Gasteiger partial charge in [0.15, 0.2) is 0 Å². The second-order valence-corrected chi connectivity index (χ2v) is 4.37. The monoisotopic (exact) mass is 261 g/mol. The lowest BCUT2D eigenvalue weighted by Crippen LogP contribution is -2.41. The van der Waals surface area contributed by atoms with E-state index in [0.717, 1.165) is 11.0 Å². The molecule has 0 aromatic carbocycles. The third-order valence-corrected chi connectivity index (χ3v) is 3.18. The number of nitrogens with one attached hydrogen (secondary N) is 1. The van der Waals surface area contributed by atoms with Crippen LogP contribution >= 0.6 is 0 Å². The molecule has 0 fully saturated rings. The first-order chi connectivity index (χ1) is 9.17. The fraction of sp³-hybridized carbons (Fsp3) is 0.429. The Bertz CT molecular complexity index is 561. The highest BCUT2D eigenvalue weighted by atomic mass is 16.3. The second-order valence-electron chi connectivity index (χ2n) is 4.37. The van der Waals surface area contributed by atoms with E-state index in [9.17, 15) is 4.79 Å². The molecule has 0 saturated heterocycles. The average molecular weight is 261 g/mol. The minimum Gasteiger partial charge on any atom is -0.464 e. The molecule has 0 aliphatic carbocycles. The van der Waals surface area contributed by atoms with Gasteiger partial charge in [-0.1, -0.05) is 0 Å². The SMILES string of the molecule is CCN(CC)C(=O)C(C)Nc1nccc2occc12. The van der Waals surface area contributed by atoms with E-state index >= 15 is 0 Å². The van der Waals surface area contributed by atoms with Gasteiger partial charge < -0.3 is 14.6 Å². The normalized spacial score (nSPS) is 12.4. The fourth-order valence-corrected chi connectivity index (χ4v) is 2.09. The molecule has 1 amide bonds. The Labute approximate surface area is 112 Å². The largest absolute Gasteiger partial charge is 0.464 e. The number of rotatable bonds is 5. The van der Waals surface area contributed by atoms with Gasteiger partial charge in [-0.2, -0.15) is 0 Å². The zero-order valence-electron chi connectivity index (χ0n) is 11.5. The quantitative estimate of drug-likeness (QED) is 0.898. The molecule has 5 heteroatoms. The Kier molecular flexibility index (Phi) is 4.04. The summed E-state index contributed by atoms with van der Waals surface area (Å²) in [6, 6.07) is 3.34. The molecular formula is C14H19N3O2. The number of fused-ring (bicyclic) bond motifs is 1. The van der Waals surface area contributed by atoms with Crippen LogP contribution in [-0.4, -0.2) is 34.9 Å². The summed E-state index contributed by atoms with van der Waals surface area (Å²) in [6.45, 7) is 7.23. The maximum atomic E-state index is 12.2. The lowest BCUT2D eigenvalue weighted by molar-refractivity contribution is -0.131. The van der Waals surface area contributed by atoms with Crippen molar-refractivity contribution in [2.75, 3.05) is 18.4 Å². The summed E-state index contributed by atoms with van der Waals surface area (Å²) < 4.78 is 5.32. The summed E-state index contributed by atoms with van der Waals surface area (Å²) in [6.07, 6.45) is 3.29. The third-order valence-electron chi connectivity index (χ3n) is 3.18. The van der Waals surface area contributed by atoms with E-state index in [1.54, 1.807) is 23.4 Å². The lowest BCUT2D eigenvalue weighted by atomic mass is 10.2. The first kappa shape index (κ1) is 13.4. The van der Waals surface area contributed by atoms with E-state index in [-0.39, 0.29) is 11.9 Å². The van der Waals surface area contributed by atoms with Gasteiger partial charge in [0, 0.05) is 19.3 Å². The van der Waals surface area contributed by atoms with Crippen molar-refractivity contribution < 1.29 is 9.21 Å². The average Bonchev–Trinajstić information content (AvgIpc) is 2.89. The van der Waals surface area contributed by atoms with Crippen molar-refractivity contribution in [2.24, 2.45) is 0 Å². The van der Waals surface area contributed by atoms with Crippen LogP contribution in [0.2, 0.25) is 0 Å². The zero-order valence-corrected chi connectivity index (χ0v) is 11.5. The summed E-state index contributed by atoms with van der Waals surface area (Å²) in [5, 5.41) is 4.05. The Morgan fingerprint density at radius 3 is 2.84 bits per heavy atom. The molecule has 0 radical (unpaired) electrons. The third kappa shape index (κ3) is 2.70. The highest BCUT2D eigenvalue weighted by Gasteiger charge is 2.19. The number of amides is 1. The number of anilines is 1. The Morgan fingerprint density at radius 2 is 2.16 bits per heavy atom. The Morgan fingerprint density at radius 1 is 1.42 bits per heavy atom. The van der Waals surface area contributed by atoms with Crippen LogP contribution in [0.5, 0.6) is 0 Å². The van der Waals surface area contributed by atoms with Crippen molar-refractivity contribution in [2.45, 2.75) is 26.8 Å². The van der Waals surface area contributed by atoms with Crippen molar-refractivity contribution >= 4 is 22.7 Å². The van der Waals surface area contributed by atoms with Gasteiger partial charge in [-0.25, -0.2) is 4.98 Å². The minimum absolute atomic E-state index is 0.0762. The van der Waals surface area contributed by atoms with Crippen molar-refractivity contribution in [1.82, 2.24) is 9.88 Å². The molecule has 1 N–H and O–H groups in total. The Hall–Kier alpha value is -2.04. The molecule has 102 valence electrons. The maximum absolute atomic E-state index is 12.2. The van der Waals surface area contributed by atoms with Crippen molar-refractivity contribution in [3.63, 3.8) is 0 Å². The summed E-state index contributed by atoms with van der Waals surface area (Å²) in [5.41, 5.74) is 0.764. The molecule has 2 aromatic rings. The predicted octanol–water partition coefficient (Wildman–Crippen LogP) is 2.50. The predicted molar refractivity (Wildman–Crippen MR) is 75.0 cm³/mol. The number of likely N-dealkylation sites (N-methyl/N-ethyl adjacent to an activating group) is 1. The summed E-state index contributed by atoms with van der Waals surface area (Å²) in [4.78, 5) is 18.3. The highest BCUT2D eigenvalue weighted by molar-refractivity contribution is 5.91. The molecule has 1 unspecified atom stereocenters. The van der Waals surface area contributed by atoms with Gasteiger partial charge in [0.25, 0.3) is 0 Å². The second kappa shape index (κ2) is 5.73. The molecule has 2 heterocycles. The molecule has 5 nitrogen and oxygen atoms in total. The van der Waals surface area contributed by atoms with Crippen LogP contribution in [0, 0.1) is 0 Å². The van der Waals surface area contributed by atoms with E-state index in [1.165, 1.54) is 0 Å². The molecule has 19 heavy (non-hydrogen) atoms. The zero-order chi connectivity index (χ0) is 13.8. The van der Waals surface area contributed by atoms with E-state index in [4.69, 9.17) is 4.42 Å². The van der Waals surface area contributed by atoms with Gasteiger partial charge >= 0.3 is 0 Å². The number of furan rings is 1. The number of carbonyl (C=O) groups excluding carboxylic acids is 1. The van der Waals surface area contributed by atoms with Crippen LogP contribution < -0.4 is 5.32 Å². The van der Waals surface area contributed by atoms with Crippen LogP contribution in [0.3, 0.4) is 0 Å². The van der Waals surface area contributed by atoms with E-state index < -0.39 is 0 Å². The van der Waals surface area contributed by atoms with Gasteiger partial charge in [-0.3, -0.25) is 4.79 Å². The first-order valence-corrected chi connectivity index (χ1v) is 6.54. The standard InChI is InChI=1S/C14H19N3O2/c1-4-17(5-2)14(18)10(3)16-13-11-7-9-19-12(11)6-8-15-13/h6-10H,4-5H2,1-3H3,(H,15,16). The van der Waals surface area contributed by atoms with Gasteiger partial charge in [0.05, 0.1) is 11.6 Å². The van der Waals surface area contributed by atoms with Crippen molar-refractivity contribution in [1.29, 1.82) is 0 Å². The number of nitrogens with zero attached hydrogens (tertiary/aromatic N) is 2. The molecule has 0 spiro atoms. The smallest absolute Gasteiger partial charge is 0.244 e. The minimum atomic E-state index is -0.312. The lowest BCUT2D eigenvalue weighted by Gasteiger charge is -2.23. The summed E-state index contributed by atoms with van der Waals surface area (Å²) >= 11 is 0.